The number of hydrogen-bond acceptors (Lipinski definition) is 7. The van der Waals surface area contributed by atoms with E-state index in [2.05, 4.69) is 28.0 Å². The largest absolute Gasteiger partial charge is 0.398 e. The van der Waals surface area contributed by atoms with Crippen molar-refractivity contribution >= 4 is 23.4 Å². The first-order valence-corrected chi connectivity index (χ1v) is 11.1. The first-order chi connectivity index (χ1) is 15.7. The van der Waals surface area contributed by atoms with Crippen LogP contribution in [-0.4, -0.2) is 20.4 Å². The van der Waals surface area contributed by atoms with Crippen LogP contribution in [-0.2, 0) is 0 Å². The molecule has 4 N–H and O–H groups in total. The predicted molar refractivity (Wildman–Crippen MR) is 133 cm³/mol. The van der Waals surface area contributed by atoms with Crippen LogP contribution < -0.4 is 16.6 Å². The number of nitrogen functional groups attached to an aromatic ring is 1. The van der Waals surface area contributed by atoms with E-state index in [1.807, 2.05) is 97.2 Å². The summed E-state index contributed by atoms with van der Waals surface area (Å²) in [6.45, 7) is 2.11. The molecule has 4 rings (SSSR count). The molecule has 0 radical (unpaired) electrons. The average Bonchev–Trinajstić information content (AvgIpc) is 2.84. The van der Waals surface area contributed by atoms with E-state index in [4.69, 9.17) is 10.7 Å². The van der Waals surface area contributed by atoms with Crippen molar-refractivity contribution < 1.29 is 0 Å². The molecule has 0 fully saturated rings. The van der Waals surface area contributed by atoms with Crippen LogP contribution in [0.1, 0.15) is 6.92 Å². The van der Waals surface area contributed by atoms with Crippen LogP contribution >= 0.6 is 11.8 Å². The third-order valence-corrected chi connectivity index (χ3v) is 5.80. The lowest BCUT2D eigenvalue weighted by Gasteiger charge is -2.11. The number of para-hydroxylation sites is 1. The van der Waals surface area contributed by atoms with E-state index in [0.717, 1.165) is 33.1 Å². The number of hydrazine groups is 1. The number of benzene rings is 3. The summed E-state index contributed by atoms with van der Waals surface area (Å²) in [5.41, 5.74) is 16.3. The Labute approximate surface area is 192 Å². The Kier molecular flexibility index (Phi) is 6.99. The summed E-state index contributed by atoms with van der Waals surface area (Å²) in [6, 6.07) is 27.8. The summed E-state index contributed by atoms with van der Waals surface area (Å²) >= 11 is 1.69. The topological polar surface area (TPSA) is 88.8 Å². The molecule has 0 spiro atoms. The van der Waals surface area contributed by atoms with E-state index in [9.17, 15) is 0 Å². The predicted octanol–water partition coefficient (Wildman–Crippen LogP) is 5.40. The van der Waals surface area contributed by atoms with Gasteiger partial charge < -0.3 is 11.2 Å². The Hall–Kier alpha value is -3.84. The zero-order chi connectivity index (χ0) is 22.2. The van der Waals surface area contributed by atoms with Gasteiger partial charge in [-0.05, 0) is 19.1 Å². The highest BCUT2D eigenvalue weighted by Gasteiger charge is 2.13. The molecular formula is C25H24N6S. The molecule has 0 bridgehead atoms. The van der Waals surface area contributed by atoms with Gasteiger partial charge in [0.1, 0.15) is 11.4 Å². The average molecular weight is 441 g/mol. The van der Waals surface area contributed by atoms with Crippen LogP contribution in [0.25, 0.3) is 22.5 Å². The number of rotatable bonds is 8. The SMILES string of the molecule is CC(/C=C/NNc1nnc(-c2ccccc2)c(-c2ccccc2)n1)Sc1ccccc1N. The van der Waals surface area contributed by atoms with Gasteiger partial charge in [0.15, 0.2) is 0 Å². The monoisotopic (exact) mass is 440 g/mol. The summed E-state index contributed by atoms with van der Waals surface area (Å²) in [7, 11) is 0. The summed E-state index contributed by atoms with van der Waals surface area (Å²) < 4.78 is 0. The molecule has 1 unspecified atom stereocenters. The highest BCUT2D eigenvalue weighted by molar-refractivity contribution is 8.00. The van der Waals surface area contributed by atoms with Crippen LogP contribution in [0.4, 0.5) is 11.6 Å². The van der Waals surface area contributed by atoms with E-state index in [1.165, 1.54) is 0 Å². The first-order valence-electron chi connectivity index (χ1n) is 10.3. The molecule has 32 heavy (non-hydrogen) atoms. The molecule has 1 heterocycles. The minimum Gasteiger partial charge on any atom is -0.398 e. The maximum absolute atomic E-state index is 6.02. The second-order valence-electron chi connectivity index (χ2n) is 7.05. The molecular weight excluding hydrogens is 416 g/mol. The lowest BCUT2D eigenvalue weighted by Crippen LogP contribution is -2.18. The van der Waals surface area contributed by atoms with E-state index in [1.54, 1.807) is 11.8 Å². The number of thioether (sulfide) groups is 1. The van der Waals surface area contributed by atoms with E-state index in [0.29, 0.717) is 5.95 Å². The van der Waals surface area contributed by atoms with E-state index < -0.39 is 0 Å². The maximum atomic E-state index is 6.02. The Morgan fingerprint density at radius 2 is 1.44 bits per heavy atom. The quantitative estimate of drug-likeness (QED) is 0.192. The van der Waals surface area contributed by atoms with Crippen molar-refractivity contribution in [3.05, 3.63) is 97.2 Å². The molecule has 0 saturated carbocycles. The van der Waals surface area contributed by atoms with E-state index in [-0.39, 0.29) is 5.25 Å². The van der Waals surface area contributed by atoms with Gasteiger partial charge in [-0.25, -0.2) is 4.98 Å². The zero-order valence-corrected chi connectivity index (χ0v) is 18.5. The van der Waals surface area contributed by atoms with Gasteiger partial charge in [-0.15, -0.1) is 22.0 Å². The molecule has 0 aliphatic heterocycles. The number of aromatic nitrogens is 3. The third-order valence-electron chi connectivity index (χ3n) is 4.65. The van der Waals surface area contributed by atoms with Crippen molar-refractivity contribution in [2.75, 3.05) is 11.2 Å². The van der Waals surface area contributed by atoms with Crippen LogP contribution in [0.5, 0.6) is 0 Å². The summed E-state index contributed by atoms with van der Waals surface area (Å²) in [6.07, 6.45) is 3.86. The molecule has 4 aromatic rings. The fourth-order valence-corrected chi connectivity index (χ4v) is 4.00. The molecule has 0 saturated heterocycles. The summed E-state index contributed by atoms with van der Waals surface area (Å²) in [5.74, 6) is 0.390. The van der Waals surface area contributed by atoms with Crippen LogP contribution in [0, 0.1) is 0 Å². The van der Waals surface area contributed by atoms with Gasteiger partial charge in [0.05, 0.1) is 0 Å². The molecule has 7 heteroatoms. The van der Waals surface area contributed by atoms with Gasteiger partial charge in [0.25, 0.3) is 5.95 Å². The normalized spacial score (nSPS) is 11.9. The molecule has 1 aromatic heterocycles. The fraction of sp³-hybridized carbons (Fsp3) is 0.0800. The van der Waals surface area contributed by atoms with Gasteiger partial charge in [0, 0.05) is 33.2 Å². The highest BCUT2D eigenvalue weighted by Crippen LogP contribution is 2.29. The summed E-state index contributed by atoms with van der Waals surface area (Å²) in [5, 5.41) is 8.92. The first kappa shape index (κ1) is 21.4. The maximum Gasteiger partial charge on any atom is 0.261 e. The molecule has 0 amide bonds. The molecule has 1 atom stereocenters. The second-order valence-corrected chi connectivity index (χ2v) is 8.47. The van der Waals surface area contributed by atoms with Gasteiger partial charge in [-0.3, -0.25) is 5.43 Å². The Balaban J connectivity index is 1.46. The molecule has 0 aliphatic rings. The minimum atomic E-state index is 0.230. The molecule has 3 aromatic carbocycles. The van der Waals surface area contributed by atoms with E-state index >= 15 is 0 Å². The molecule has 0 aliphatic carbocycles. The number of anilines is 2. The number of hydrogen-bond donors (Lipinski definition) is 3. The Bertz CT molecular complexity index is 1180. The Morgan fingerprint density at radius 3 is 2.12 bits per heavy atom. The van der Waals surface area contributed by atoms with Gasteiger partial charge in [-0.2, -0.15) is 0 Å². The van der Waals surface area contributed by atoms with Crippen LogP contribution in [0.2, 0.25) is 0 Å². The van der Waals surface area contributed by atoms with Crippen molar-refractivity contribution in [2.45, 2.75) is 17.1 Å². The highest BCUT2D eigenvalue weighted by atomic mass is 32.2. The van der Waals surface area contributed by atoms with Crippen molar-refractivity contribution in [1.29, 1.82) is 0 Å². The van der Waals surface area contributed by atoms with Crippen LogP contribution in [0.15, 0.2) is 102 Å². The van der Waals surface area contributed by atoms with Crippen molar-refractivity contribution in [1.82, 2.24) is 20.6 Å². The lowest BCUT2D eigenvalue weighted by molar-refractivity contribution is 0.922. The van der Waals surface area contributed by atoms with Gasteiger partial charge in [-0.1, -0.05) is 78.9 Å². The second kappa shape index (κ2) is 10.5. The fourth-order valence-electron chi connectivity index (χ4n) is 3.08. The standard InChI is InChI=1S/C25H24N6S/c1-18(32-22-15-9-8-14-21(22)26)16-17-27-30-25-28-23(19-10-4-2-5-11-19)24(29-31-25)20-12-6-3-7-13-20/h2-18,27H,26H2,1H3,(H,28,30,31)/b17-16+. The Morgan fingerprint density at radius 1 is 0.812 bits per heavy atom. The van der Waals surface area contributed by atoms with Crippen molar-refractivity contribution in [2.24, 2.45) is 0 Å². The smallest absolute Gasteiger partial charge is 0.261 e. The number of nitrogens with zero attached hydrogens (tertiary/aromatic N) is 3. The number of nitrogens with one attached hydrogen (secondary N) is 2. The van der Waals surface area contributed by atoms with Crippen molar-refractivity contribution in [3.8, 4) is 22.5 Å². The van der Waals surface area contributed by atoms with Gasteiger partial charge >= 0.3 is 0 Å². The summed E-state index contributed by atoms with van der Waals surface area (Å²) in [4.78, 5) is 5.78. The zero-order valence-electron chi connectivity index (χ0n) is 17.6. The lowest BCUT2D eigenvalue weighted by atomic mass is 10.0. The minimum absolute atomic E-state index is 0.230. The number of nitrogens with two attached hydrogens (primary N) is 1. The van der Waals surface area contributed by atoms with Crippen LogP contribution in [0.3, 0.4) is 0 Å². The molecule has 6 nitrogen and oxygen atoms in total. The van der Waals surface area contributed by atoms with Gasteiger partial charge in [0.2, 0.25) is 0 Å². The van der Waals surface area contributed by atoms with Crippen molar-refractivity contribution in [3.63, 3.8) is 0 Å². The molecule has 160 valence electrons. The third kappa shape index (κ3) is 5.44.